The lowest BCUT2D eigenvalue weighted by molar-refractivity contribution is 1.06. The van der Waals surface area contributed by atoms with Gasteiger partial charge < -0.3 is 0 Å². The Morgan fingerprint density at radius 3 is 2.12 bits per heavy atom. The van der Waals surface area contributed by atoms with Gasteiger partial charge in [0.15, 0.2) is 0 Å². The lowest BCUT2D eigenvalue weighted by atomic mass is 9.93. The molecule has 0 N–H and O–H groups in total. The smallest absolute Gasteiger partial charge is 0.0417 e. The average Bonchev–Trinajstić information content (AvgIpc) is 2.31. The third kappa shape index (κ3) is 2.52. The van der Waals surface area contributed by atoms with Gasteiger partial charge in [-0.15, -0.1) is 0 Å². The molecule has 1 nitrogen and oxygen atoms in total. The van der Waals surface area contributed by atoms with Gasteiger partial charge in [-0.25, -0.2) is 0 Å². The van der Waals surface area contributed by atoms with E-state index in [-0.39, 0.29) is 0 Å². The van der Waals surface area contributed by atoms with Crippen molar-refractivity contribution < 1.29 is 0 Å². The number of benzene rings is 1. The Morgan fingerprint density at radius 2 is 1.69 bits per heavy atom. The maximum atomic E-state index is 4.41. The molecule has 0 aliphatic heterocycles. The highest BCUT2D eigenvalue weighted by atomic mass is 14.7. The Kier molecular flexibility index (Phi) is 4.72. The van der Waals surface area contributed by atoms with Crippen molar-refractivity contribution in [3.8, 4) is 0 Å². The zero-order valence-electron chi connectivity index (χ0n) is 11.2. The SMILES string of the molecule is CCC(=NC)c1cc(CC)c(C)cc1CC. The van der Waals surface area contributed by atoms with E-state index in [0.29, 0.717) is 0 Å². The van der Waals surface area contributed by atoms with Crippen LogP contribution in [0.5, 0.6) is 0 Å². The average molecular weight is 217 g/mol. The van der Waals surface area contributed by atoms with E-state index in [1.807, 2.05) is 7.05 Å². The first kappa shape index (κ1) is 13.0. The lowest BCUT2D eigenvalue weighted by Gasteiger charge is -2.13. The first-order chi connectivity index (χ1) is 7.67. The van der Waals surface area contributed by atoms with Crippen LogP contribution in [-0.4, -0.2) is 12.8 Å². The van der Waals surface area contributed by atoms with E-state index in [0.717, 1.165) is 19.3 Å². The number of rotatable bonds is 4. The fourth-order valence-corrected chi connectivity index (χ4v) is 2.22. The van der Waals surface area contributed by atoms with E-state index >= 15 is 0 Å². The van der Waals surface area contributed by atoms with Crippen molar-refractivity contribution in [3.05, 3.63) is 34.4 Å². The Labute approximate surface area is 99.6 Å². The first-order valence-corrected chi connectivity index (χ1v) is 6.26. The fraction of sp³-hybridized carbons (Fsp3) is 0.533. The standard InChI is InChI=1S/C15H23N/c1-6-12-10-14(15(8-3)16-5)13(7-2)9-11(12)4/h9-10H,6-8H2,1-5H3. The number of hydrogen-bond acceptors (Lipinski definition) is 1. The Bertz CT molecular complexity index is 389. The van der Waals surface area contributed by atoms with E-state index < -0.39 is 0 Å². The van der Waals surface area contributed by atoms with Crippen LogP contribution in [0, 0.1) is 6.92 Å². The van der Waals surface area contributed by atoms with Crippen LogP contribution < -0.4 is 0 Å². The van der Waals surface area contributed by atoms with Gasteiger partial charge in [-0.1, -0.05) is 26.8 Å². The molecule has 0 heterocycles. The predicted octanol–water partition coefficient (Wildman–Crippen LogP) is 3.95. The van der Waals surface area contributed by atoms with Gasteiger partial charge in [-0.2, -0.15) is 0 Å². The van der Waals surface area contributed by atoms with E-state index in [4.69, 9.17) is 0 Å². The second-order valence-electron chi connectivity index (χ2n) is 4.17. The van der Waals surface area contributed by atoms with Crippen molar-refractivity contribution in [2.75, 3.05) is 7.05 Å². The molecule has 0 fully saturated rings. The summed E-state index contributed by atoms with van der Waals surface area (Å²) in [7, 11) is 1.89. The van der Waals surface area contributed by atoms with Crippen LogP contribution in [0.4, 0.5) is 0 Å². The van der Waals surface area contributed by atoms with Crippen molar-refractivity contribution >= 4 is 5.71 Å². The summed E-state index contributed by atoms with van der Waals surface area (Å²) >= 11 is 0. The fourth-order valence-electron chi connectivity index (χ4n) is 2.22. The molecule has 0 amide bonds. The third-order valence-corrected chi connectivity index (χ3v) is 3.24. The van der Waals surface area contributed by atoms with Crippen LogP contribution in [0.3, 0.4) is 0 Å². The normalized spacial score (nSPS) is 11.9. The van der Waals surface area contributed by atoms with Crippen molar-refractivity contribution in [1.82, 2.24) is 0 Å². The molecular formula is C15H23N. The maximum absolute atomic E-state index is 4.41. The molecule has 0 bridgehead atoms. The summed E-state index contributed by atoms with van der Waals surface area (Å²) < 4.78 is 0. The minimum absolute atomic E-state index is 1.01. The molecule has 1 rings (SSSR count). The summed E-state index contributed by atoms with van der Waals surface area (Å²) in [5.74, 6) is 0. The molecule has 0 radical (unpaired) electrons. The van der Waals surface area contributed by atoms with Crippen molar-refractivity contribution in [1.29, 1.82) is 0 Å². The molecule has 0 aromatic heterocycles. The van der Waals surface area contributed by atoms with Gasteiger partial charge in [-0.3, -0.25) is 4.99 Å². The summed E-state index contributed by atoms with van der Waals surface area (Å²) in [5.41, 5.74) is 6.87. The Hall–Kier alpha value is -1.11. The number of nitrogens with zero attached hydrogens (tertiary/aromatic N) is 1. The van der Waals surface area contributed by atoms with Gasteiger partial charge in [0.25, 0.3) is 0 Å². The minimum atomic E-state index is 1.01. The molecular weight excluding hydrogens is 194 g/mol. The van der Waals surface area contributed by atoms with E-state index in [9.17, 15) is 0 Å². The van der Waals surface area contributed by atoms with Gasteiger partial charge >= 0.3 is 0 Å². The summed E-state index contributed by atoms with van der Waals surface area (Å²) in [6.45, 7) is 8.81. The summed E-state index contributed by atoms with van der Waals surface area (Å²) in [4.78, 5) is 4.41. The van der Waals surface area contributed by atoms with Gasteiger partial charge in [0.1, 0.15) is 0 Å². The monoisotopic (exact) mass is 217 g/mol. The van der Waals surface area contributed by atoms with Crippen LogP contribution in [0.2, 0.25) is 0 Å². The molecule has 0 saturated heterocycles. The number of aliphatic imine (C=N–C) groups is 1. The quantitative estimate of drug-likeness (QED) is 0.677. The van der Waals surface area contributed by atoms with Crippen molar-refractivity contribution in [2.24, 2.45) is 4.99 Å². The molecule has 0 aliphatic rings. The van der Waals surface area contributed by atoms with Crippen LogP contribution in [0.25, 0.3) is 0 Å². The highest BCUT2D eigenvalue weighted by molar-refractivity contribution is 6.01. The second kappa shape index (κ2) is 5.83. The predicted molar refractivity (Wildman–Crippen MR) is 72.7 cm³/mol. The maximum Gasteiger partial charge on any atom is 0.0417 e. The van der Waals surface area contributed by atoms with Gasteiger partial charge in [0.05, 0.1) is 0 Å². The van der Waals surface area contributed by atoms with Crippen LogP contribution in [-0.2, 0) is 12.8 Å². The molecule has 16 heavy (non-hydrogen) atoms. The molecule has 1 aromatic rings. The Balaban J connectivity index is 3.35. The van der Waals surface area contributed by atoms with Crippen LogP contribution in [0.15, 0.2) is 17.1 Å². The van der Waals surface area contributed by atoms with E-state index in [2.05, 4.69) is 44.8 Å². The topological polar surface area (TPSA) is 12.4 Å². The molecule has 0 aliphatic carbocycles. The van der Waals surface area contributed by atoms with Crippen molar-refractivity contribution in [2.45, 2.75) is 47.0 Å². The molecule has 1 heteroatoms. The zero-order chi connectivity index (χ0) is 12.1. The Morgan fingerprint density at radius 1 is 1.06 bits per heavy atom. The van der Waals surface area contributed by atoms with E-state index in [1.165, 1.54) is 28.0 Å². The molecule has 0 saturated carbocycles. The highest BCUT2D eigenvalue weighted by Crippen LogP contribution is 2.20. The molecule has 88 valence electrons. The summed E-state index contributed by atoms with van der Waals surface area (Å²) in [6, 6.07) is 4.66. The van der Waals surface area contributed by atoms with Crippen LogP contribution >= 0.6 is 0 Å². The van der Waals surface area contributed by atoms with Gasteiger partial charge in [0, 0.05) is 12.8 Å². The minimum Gasteiger partial charge on any atom is -0.292 e. The molecule has 1 aromatic carbocycles. The lowest BCUT2D eigenvalue weighted by Crippen LogP contribution is -2.06. The zero-order valence-corrected chi connectivity index (χ0v) is 11.2. The summed E-state index contributed by atoms with van der Waals surface area (Å²) in [5, 5.41) is 0. The highest BCUT2D eigenvalue weighted by Gasteiger charge is 2.09. The molecule has 0 unspecified atom stereocenters. The first-order valence-electron chi connectivity index (χ1n) is 6.26. The third-order valence-electron chi connectivity index (χ3n) is 3.24. The van der Waals surface area contributed by atoms with Crippen LogP contribution in [0.1, 0.15) is 49.4 Å². The van der Waals surface area contributed by atoms with Crippen molar-refractivity contribution in [3.63, 3.8) is 0 Å². The van der Waals surface area contributed by atoms with Gasteiger partial charge in [-0.05, 0) is 54.5 Å². The summed E-state index contributed by atoms with van der Waals surface area (Å²) in [6.07, 6.45) is 3.19. The molecule has 0 spiro atoms. The second-order valence-corrected chi connectivity index (χ2v) is 4.17. The van der Waals surface area contributed by atoms with E-state index in [1.54, 1.807) is 0 Å². The largest absolute Gasteiger partial charge is 0.292 e. The number of hydrogen-bond donors (Lipinski definition) is 0. The van der Waals surface area contributed by atoms with Gasteiger partial charge in [0.2, 0.25) is 0 Å². The number of aryl methyl sites for hydroxylation is 3. The molecule has 0 atom stereocenters.